The van der Waals surface area contributed by atoms with Crippen LogP contribution in [-0.4, -0.2) is 65.3 Å². The van der Waals surface area contributed by atoms with Gasteiger partial charge in [-0.3, -0.25) is 14.5 Å². The molecule has 3 aliphatic heterocycles. The van der Waals surface area contributed by atoms with Crippen LogP contribution in [0.25, 0.3) is 0 Å². The van der Waals surface area contributed by atoms with E-state index in [-0.39, 0.29) is 11.8 Å². The van der Waals surface area contributed by atoms with Gasteiger partial charge < -0.3 is 24.8 Å². The molecule has 2 atom stereocenters. The lowest BCUT2D eigenvalue weighted by atomic mass is 10.0. The van der Waals surface area contributed by atoms with E-state index in [1.54, 1.807) is 11.0 Å². The summed E-state index contributed by atoms with van der Waals surface area (Å²) in [6.45, 7) is 5.20. The first kappa shape index (κ1) is 21.9. The van der Waals surface area contributed by atoms with E-state index in [1.807, 2.05) is 12.1 Å². The number of nitrogens with zero attached hydrogens (tertiary/aromatic N) is 2. The lowest BCUT2D eigenvalue weighted by molar-refractivity contribution is -0.129. The molecule has 3 aliphatic rings. The summed E-state index contributed by atoms with van der Waals surface area (Å²) in [5.41, 5.74) is 3.75. The summed E-state index contributed by atoms with van der Waals surface area (Å²) in [6.07, 6.45) is -0.309. The highest BCUT2D eigenvalue weighted by Crippen LogP contribution is 2.34. The first-order chi connectivity index (χ1) is 16.1. The van der Waals surface area contributed by atoms with Gasteiger partial charge in [-0.25, -0.2) is 0 Å². The second kappa shape index (κ2) is 9.51. The van der Waals surface area contributed by atoms with Gasteiger partial charge in [0.1, 0.15) is 18.6 Å². The van der Waals surface area contributed by atoms with E-state index in [4.69, 9.17) is 9.47 Å². The third kappa shape index (κ3) is 4.73. The van der Waals surface area contributed by atoms with E-state index in [0.29, 0.717) is 37.3 Å². The topological polar surface area (TPSA) is 91.3 Å². The largest absolute Gasteiger partial charge is 0.489 e. The summed E-state index contributed by atoms with van der Waals surface area (Å²) in [4.78, 5) is 28.5. The van der Waals surface area contributed by atoms with Gasteiger partial charge >= 0.3 is 0 Å². The Morgan fingerprint density at radius 1 is 1.06 bits per heavy atom. The maximum Gasteiger partial charge on any atom is 0.255 e. The molecule has 8 nitrogen and oxygen atoms in total. The van der Waals surface area contributed by atoms with Crippen molar-refractivity contribution < 1.29 is 24.2 Å². The van der Waals surface area contributed by atoms with E-state index < -0.39 is 12.3 Å². The first-order valence-electron chi connectivity index (χ1n) is 11.5. The molecule has 0 spiro atoms. The number of aliphatic hydroxyl groups excluding tert-OH is 1. The average molecular weight is 452 g/mol. The molecule has 0 radical (unpaired) electrons. The number of morpholine rings is 1. The number of nitrogens with one attached hydrogen (secondary N) is 1. The van der Waals surface area contributed by atoms with Crippen molar-refractivity contribution in [2.75, 3.05) is 26.3 Å². The van der Waals surface area contributed by atoms with Crippen molar-refractivity contribution in [3.63, 3.8) is 0 Å². The Morgan fingerprint density at radius 3 is 2.58 bits per heavy atom. The average Bonchev–Trinajstić information content (AvgIpc) is 3.16. The molecule has 2 fully saturated rings. The molecule has 5 rings (SSSR count). The van der Waals surface area contributed by atoms with Crippen LogP contribution in [0.2, 0.25) is 0 Å². The van der Waals surface area contributed by atoms with Crippen molar-refractivity contribution in [2.45, 2.75) is 44.8 Å². The SMILES string of the molecule is O=C1CCC(N2Cc3c(OCc4ccc(CN5CCOCC5)cc4)cccc3C2=O)C(O)N1. The van der Waals surface area contributed by atoms with Crippen LogP contribution in [0.5, 0.6) is 5.75 Å². The van der Waals surface area contributed by atoms with E-state index in [9.17, 15) is 14.7 Å². The Morgan fingerprint density at radius 2 is 1.82 bits per heavy atom. The molecule has 2 aromatic rings. The molecule has 0 bridgehead atoms. The normalized spacial score (nSPS) is 23.4. The Kier molecular flexibility index (Phi) is 6.30. The van der Waals surface area contributed by atoms with Crippen molar-refractivity contribution in [3.05, 3.63) is 64.7 Å². The molecule has 2 aromatic carbocycles. The zero-order chi connectivity index (χ0) is 22.8. The van der Waals surface area contributed by atoms with Crippen molar-refractivity contribution in [1.29, 1.82) is 0 Å². The number of fused-ring (bicyclic) bond motifs is 1. The Labute approximate surface area is 193 Å². The maximum atomic E-state index is 13.0. The summed E-state index contributed by atoms with van der Waals surface area (Å²) in [5, 5.41) is 12.8. The molecular formula is C25H29N3O5. The second-order valence-electron chi connectivity index (χ2n) is 8.83. The third-order valence-electron chi connectivity index (χ3n) is 6.62. The number of benzene rings is 2. The lowest BCUT2D eigenvalue weighted by Crippen LogP contribution is -2.55. The molecule has 0 aromatic heterocycles. The summed E-state index contributed by atoms with van der Waals surface area (Å²) >= 11 is 0. The van der Waals surface area contributed by atoms with Crippen LogP contribution >= 0.6 is 0 Å². The van der Waals surface area contributed by atoms with Crippen molar-refractivity contribution >= 4 is 11.8 Å². The fraction of sp³-hybridized carbons (Fsp3) is 0.440. The monoisotopic (exact) mass is 451 g/mol. The van der Waals surface area contributed by atoms with E-state index in [1.165, 1.54) is 5.56 Å². The number of ether oxygens (including phenoxy) is 2. The van der Waals surface area contributed by atoms with Gasteiger partial charge in [-0.1, -0.05) is 30.3 Å². The van der Waals surface area contributed by atoms with Crippen molar-refractivity contribution in [3.8, 4) is 5.75 Å². The van der Waals surface area contributed by atoms with Crippen molar-refractivity contribution in [2.24, 2.45) is 0 Å². The van der Waals surface area contributed by atoms with Gasteiger partial charge in [0.05, 0.1) is 25.8 Å². The third-order valence-corrected chi connectivity index (χ3v) is 6.62. The van der Waals surface area contributed by atoms with Gasteiger partial charge in [0, 0.05) is 37.2 Å². The standard InChI is InChI=1S/C25H29N3O5/c29-23-9-8-21(24(30)26-23)28-15-20-19(25(28)31)2-1-3-22(20)33-16-18-6-4-17(5-7-18)14-27-10-12-32-13-11-27/h1-7,21,24,30H,8-16H2,(H,26,29). The Hall–Kier alpha value is -2.94. The first-order valence-corrected chi connectivity index (χ1v) is 11.5. The van der Waals surface area contributed by atoms with E-state index >= 15 is 0 Å². The molecule has 0 aliphatic carbocycles. The lowest BCUT2D eigenvalue weighted by Gasteiger charge is -2.35. The fourth-order valence-corrected chi connectivity index (χ4v) is 4.74. The number of hydrogen-bond donors (Lipinski definition) is 2. The van der Waals surface area contributed by atoms with Crippen LogP contribution < -0.4 is 10.1 Å². The summed E-state index contributed by atoms with van der Waals surface area (Å²) in [6, 6.07) is 13.5. The zero-order valence-corrected chi connectivity index (χ0v) is 18.5. The van der Waals surface area contributed by atoms with E-state index in [2.05, 4.69) is 34.5 Å². The summed E-state index contributed by atoms with van der Waals surface area (Å²) in [7, 11) is 0. The van der Waals surface area contributed by atoms with E-state index in [0.717, 1.165) is 44.0 Å². The zero-order valence-electron chi connectivity index (χ0n) is 18.5. The molecule has 8 heteroatoms. The smallest absolute Gasteiger partial charge is 0.255 e. The molecular weight excluding hydrogens is 422 g/mol. The minimum absolute atomic E-state index is 0.136. The van der Waals surface area contributed by atoms with Crippen LogP contribution in [0.3, 0.4) is 0 Å². The Balaban J connectivity index is 1.22. The highest BCUT2D eigenvalue weighted by molar-refractivity contribution is 5.99. The number of amides is 2. The minimum atomic E-state index is -1.05. The van der Waals surface area contributed by atoms with Crippen LogP contribution in [0, 0.1) is 0 Å². The Bertz CT molecular complexity index is 1020. The summed E-state index contributed by atoms with van der Waals surface area (Å²) in [5.74, 6) is 0.348. The predicted molar refractivity (Wildman–Crippen MR) is 120 cm³/mol. The van der Waals surface area contributed by atoms with Gasteiger partial charge in [-0.2, -0.15) is 0 Å². The number of aliphatic hydroxyl groups is 1. The number of piperidine rings is 1. The highest BCUT2D eigenvalue weighted by atomic mass is 16.5. The van der Waals surface area contributed by atoms with Crippen molar-refractivity contribution in [1.82, 2.24) is 15.1 Å². The minimum Gasteiger partial charge on any atom is -0.489 e. The van der Waals surface area contributed by atoms with Gasteiger partial charge in [0.2, 0.25) is 5.91 Å². The second-order valence-corrected chi connectivity index (χ2v) is 8.83. The quantitative estimate of drug-likeness (QED) is 0.694. The number of carbonyl (C=O) groups is 2. The molecule has 3 heterocycles. The number of rotatable bonds is 6. The van der Waals surface area contributed by atoms with Crippen LogP contribution in [0.15, 0.2) is 42.5 Å². The molecule has 2 N–H and O–H groups in total. The fourth-order valence-electron chi connectivity index (χ4n) is 4.74. The van der Waals surface area contributed by atoms with Gasteiger partial charge in [-0.05, 0) is 29.7 Å². The molecule has 0 saturated carbocycles. The highest BCUT2D eigenvalue weighted by Gasteiger charge is 2.40. The number of hydrogen-bond acceptors (Lipinski definition) is 6. The van der Waals surface area contributed by atoms with Crippen LogP contribution in [0.4, 0.5) is 0 Å². The van der Waals surface area contributed by atoms with Crippen LogP contribution in [-0.2, 0) is 29.2 Å². The van der Waals surface area contributed by atoms with Gasteiger partial charge in [0.15, 0.2) is 0 Å². The molecule has 2 amide bonds. The molecule has 174 valence electrons. The van der Waals surface area contributed by atoms with Crippen LogP contribution in [0.1, 0.15) is 39.9 Å². The van der Waals surface area contributed by atoms with Gasteiger partial charge in [0.25, 0.3) is 5.91 Å². The summed E-state index contributed by atoms with van der Waals surface area (Å²) < 4.78 is 11.5. The molecule has 33 heavy (non-hydrogen) atoms. The number of carbonyl (C=O) groups excluding carboxylic acids is 2. The van der Waals surface area contributed by atoms with Gasteiger partial charge in [-0.15, -0.1) is 0 Å². The maximum absolute atomic E-state index is 13.0. The molecule has 2 saturated heterocycles. The predicted octanol–water partition coefficient (Wildman–Crippen LogP) is 1.65. The molecule has 2 unspecified atom stereocenters.